The quantitative estimate of drug-likeness (QED) is 0.821. The van der Waals surface area contributed by atoms with E-state index in [1.54, 1.807) is 0 Å². The molecule has 19 heavy (non-hydrogen) atoms. The number of carbonyl (C=O) groups excluding carboxylic acids is 1. The number of nitrogens with two attached hydrogens (primary N) is 1. The molecular weight excluding hydrogens is 258 g/mol. The smallest absolute Gasteiger partial charge is 0.238 e. The van der Waals surface area contributed by atoms with E-state index < -0.39 is 0 Å². The molecule has 0 aliphatic carbocycles. The topological polar surface area (TPSA) is 58.4 Å². The maximum Gasteiger partial charge on any atom is 0.238 e. The van der Waals surface area contributed by atoms with Crippen molar-refractivity contribution in [3.63, 3.8) is 0 Å². The number of benzene rings is 1. The first-order valence-electron chi connectivity index (χ1n) is 6.52. The van der Waals surface area contributed by atoms with Gasteiger partial charge in [0.2, 0.25) is 5.91 Å². The largest absolute Gasteiger partial charge is 0.393 e. The molecule has 1 saturated heterocycles. The van der Waals surface area contributed by atoms with Crippen molar-refractivity contribution < 1.29 is 4.79 Å². The summed E-state index contributed by atoms with van der Waals surface area (Å²) in [5, 5.41) is 2.89. The van der Waals surface area contributed by atoms with E-state index in [4.69, 9.17) is 18.0 Å². The van der Waals surface area contributed by atoms with Crippen LogP contribution in [0.4, 0.5) is 5.69 Å². The van der Waals surface area contributed by atoms with Crippen LogP contribution >= 0.6 is 12.2 Å². The monoisotopic (exact) mass is 277 g/mol. The highest BCUT2D eigenvalue weighted by Crippen LogP contribution is 2.16. The molecule has 0 saturated carbocycles. The zero-order valence-corrected chi connectivity index (χ0v) is 11.7. The van der Waals surface area contributed by atoms with E-state index in [2.05, 4.69) is 10.2 Å². The Morgan fingerprint density at radius 2 is 2.16 bits per heavy atom. The molecule has 0 spiro atoms. The Bertz CT molecular complexity index is 449. The molecular formula is C14H19N3OS. The van der Waals surface area contributed by atoms with Crippen LogP contribution < -0.4 is 11.1 Å². The molecule has 4 nitrogen and oxygen atoms in total. The number of thiocarbonyl (C=S) groups is 1. The van der Waals surface area contributed by atoms with Crippen molar-refractivity contribution in [3.05, 3.63) is 30.3 Å². The second-order valence-corrected chi connectivity index (χ2v) is 5.36. The van der Waals surface area contributed by atoms with Crippen LogP contribution in [0, 0.1) is 5.92 Å². The van der Waals surface area contributed by atoms with Crippen molar-refractivity contribution in [1.82, 2.24) is 4.90 Å². The van der Waals surface area contributed by atoms with Crippen LogP contribution in [0.25, 0.3) is 0 Å². The van der Waals surface area contributed by atoms with E-state index in [0.717, 1.165) is 31.6 Å². The minimum Gasteiger partial charge on any atom is -0.393 e. The Hall–Kier alpha value is -1.46. The molecule has 0 radical (unpaired) electrons. The molecule has 0 bridgehead atoms. The van der Waals surface area contributed by atoms with Gasteiger partial charge in [0.15, 0.2) is 0 Å². The second-order valence-electron chi connectivity index (χ2n) is 4.89. The van der Waals surface area contributed by atoms with Crippen molar-refractivity contribution in [1.29, 1.82) is 0 Å². The van der Waals surface area contributed by atoms with E-state index in [1.807, 2.05) is 30.3 Å². The van der Waals surface area contributed by atoms with Gasteiger partial charge in [-0.2, -0.15) is 0 Å². The third-order valence-corrected chi connectivity index (χ3v) is 3.67. The van der Waals surface area contributed by atoms with Crippen molar-refractivity contribution in [3.8, 4) is 0 Å². The lowest BCUT2D eigenvalue weighted by Crippen LogP contribution is -2.43. The molecule has 0 aromatic heterocycles. The zero-order chi connectivity index (χ0) is 13.7. The molecule has 1 unspecified atom stereocenters. The van der Waals surface area contributed by atoms with E-state index in [0.29, 0.717) is 11.5 Å². The summed E-state index contributed by atoms with van der Waals surface area (Å²) >= 11 is 5.04. The highest BCUT2D eigenvalue weighted by Gasteiger charge is 2.23. The summed E-state index contributed by atoms with van der Waals surface area (Å²) < 4.78 is 0. The number of hydrogen-bond donors (Lipinski definition) is 2. The summed E-state index contributed by atoms with van der Waals surface area (Å²) in [5.74, 6) is 0.253. The fraction of sp³-hybridized carbons (Fsp3) is 0.429. The number of anilines is 1. The minimum absolute atomic E-state index is 0.00906. The lowest BCUT2D eigenvalue weighted by Gasteiger charge is -2.31. The summed E-state index contributed by atoms with van der Waals surface area (Å²) in [6, 6.07) is 9.49. The summed E-state index contributed by atoms with van der Waals surface area (Å²) in [4.78, 5) is 14.6. The number of hydrogen-bond acceptors (Lipinski definition) is 3. The molecule has 1 fully saturated rings. The highest BCUT2D eigenvalue weighted by atomic mass is 32.1. The van der Waals surface area contributed by atoms with Gasteiger partial charge in [0, 0.05) is 18.2 Å². The highest BCUT2D eigenvalue weighted by molar-refractivity contribution is 7.80. The molecule has 1 atom stereocenters. The van der Waals surface area contributed by atoms with Crippen LogP contribution in [0.3, 0.4) is 0 Å². The van der Waals surface area contributed by atoms with Gasteiger partial charge in [-0.05, 0) is 31.5 Å². The summed E-state index contributed by atoms with van der Waals surface area (Å²) in [6.07, 6.45) is 2.08. The number of carbonyl (C=O) groups is 1. The summed E-state index contributed by atoms with van der Waals surface area (Å²) in [7, 11) is 0. The van der Waals surface area contributed by atoms with Crippen LogP contribution in [-0.2, 0) is 4.79 Å². The van der Waals surface area contributed by atoms with Crippen LogP contribution in [0.2, 0.25) is 0 Å². The first-order chi connectivity index (χ1) is 9.15. The SMILES string of the molecule is NC(=S)C1CCCN(CC(=O)Nc2ccccc2)C1. The van der Waals surface area contributed by atoms with E-state index in [9.17, 15) is 4.79 Å². The lowest BCUT2D eigenvalue weighted by molar-refractivity contribution is -0.117. The fourth-order valence-electron chi connectivity index (χ4n) is 2.36. The zero-order valence-electron chi connectivity index (χ0n) is 10.8. The van der Waals surface area contributed by atoms with Crippen molar-refractivity contribution in [2.24, 2.45) is 11.7 Å². The average molecular weight is 277 g/mol. The Morgan fingerprint density at radius 1 is 1.42 bits per heavy atom. The van der Waals surface area contributed by atoms with Gasteiger partial charge in [-0.15, -0.1) is 0 Å². The van der Waals surface area contributed by atoms with Crippen LogP contribution in [0.5, 0.6) is 0 Å². The molecule has 1 amide bonds. The normalized spacial score (nSPS) is 19.9. The Labute approximate surface area is 119 Å². The molecule has 1 aliphatic heterocycles. The maximum absolute atomic E-state index is 11.9. The molecule has 2 rings (SSSR count). The van der Waals surface area contributed by atoms with Gasteiger partial charge >= 0.3 is 0 Å². The minimum atomic E-state index is 0.00906. The third kappa shape index (κ3) is 4.29. The average Bonchev–Trinajstić information content (AvgIpc) is 2.40. The predicted molar refractivity (Wildman–Crippen MR) is 81.0 cm³/mol. The number of nitrogens with zero attached hydrogens (tertiary/aromatic N) is 1. The number of nitrogens with one attached hydrogen (secondary N) is 1. The van der Waals surface area contributed by atoms with Gasteiger partial charge in [0.25, 0.3) is 0 Å². The van der Waals surface area contributed by atoms with Crippen LogP contribution in [0.1, 0.15) is 12.8 Å². The molecule has 1 aromatic carbocycles. The standard InChI is InChI=1S/C14H19N3OS/c15-14(19)11-5-4-8-17(9-11)10-13(18)16-12-6-2-1-3-7-12/h1-3,6-7,11H,4-5,8-10H2,(H2,15,19)(H,16,18). The van der Waals surface area contributed by atoms with Gasteiger partial charge < -0.3 is 11.1 Å². The third-order valence-electron chi connectivity index (χ3n) is 3.33. The second kappa shape index (κ2) is 6.63. The van der Waals surface area contributed by atoms with Crippen LogP contribution in [0.15, 0.2) is 30.3 Å². The molecule has 3 N–H and O–H groups in total. The lowest BCUT2D eigenvalue weighted by atomic mass is 9.98. The van der Waals surface area contributed by atoms with E-state index >= 15 is 0 Å². The van der Waals surface area contributed by atoms with Crippen molar-refractivity contribution >= 4 is 28.8 Å². The van der Waals surface area contributed by atoms with Gasteiger partial charge in [0.05, 0.1) is 11.5 Å². The number of para-hydroxylation sites is 1. The van der Waals surface area contributed by atoms with Crippen molar-refractivity contribution in [2.75, 3.05) is 25.0 Å². The van der Waals surface area contributed by atoms with Gasteiger partial charge in [-0.3, -0.25) is 9.69 Å². The first kappa shape index (κ1) is 14.0. The number of rotatable bonds is 4. The van der Waals surface area contributed by atoms with Gasteiger partial charge in [0.1, 0.15) is 0 Å². The predicted octanol–water partition coefficient (Wildman–Crippen LogP) is 1.62. The van der Waals surface area contributed by atoms with E-state index in [-0.39, 0.29) is 11.8 Å². The Kier molecular flexibility index (Phi) is 4.87. The molecule has 1 aliphatic rings. The molecule has 102 valence electrons. The first-order valence-corrected chi connectivity index (χ1v) is 6.92. The number of likely N-dealkylation sites (tertiary alicyclic amines) is 1. The fourth-order valence-corrected chi connectivity index (χ4v) is 2.55. The molecule has 1 aromatic rings. The van der Waals surface area contributed by atoms with Gasteiger partial charge in [-0.25, -0.2) is 0 Å². The summed E-state index contributed by atoms with van der Waals surface area (Å²) in [6.45, 7) is 2.12. The summed E-state index contributed by atoms with van der Waals surface area (Å²) in [5.41, 5.74) is 6.52. The van der Waals surface area contributed by atoms with Crippen LogP contribution in [-0.4, -0.2) is 35.4 Å². The molecule has 1 heterocycles. The van der Waals surface area contributed by atoms with Gasteiger partial charge in [-0.1, -0.05) is 30.4 Å². The Balaban J connectivity index is 1.83. The van der Waals surface area contributed by atoms with Crippen molar-refractivity contribution in [2.45, 2.75) is 12.8 Å². The maximum atomic E-state index is 11.9. The molecule has 5 heteroatoms. The van der Waals surface area contributed by atoms with E-state index in [1.165, 1.54) is 0 Å². The number of amides is 1. The number of piperidine rings is 1. The Morgan fingerprint density at radius 3 is 2.84 bits per heavy atom.